The Morgan fingerprint density at radius 2 is 1.80 bits per heavy atom. The summed E-state index contributed by atoms with van der Waals surface area (Å²) in [6.07, 6.45) is 10.3. The van der Waals surface area contributed by atoms with Gasteiger partial charge in [-0.1, -0.05) is 83.0 Å². The first-order valence-electron chi connectivity index (χ1n) is 18.4. The smallest absolute Gasteiger partial charge is 0.408 e. The molecule has 5 rings (SSSR count). The lowest BCUT2D eigenvalue weighted by Crippen LogP contribution is -2.53. The number of nitrogens with zero attached hydrogens (tertiary/aromatic N) is 1. The van der Waals surface area contributed by atoms with Gasteiger partial charge in [-0.3, -0.25) is 14.4 Å². The lowest BCUT2D eigenvalue weighted by atomic mass is 9.81. The van der Waals surface area contributed by atoms with Crippen molar-refractivity contribution in [3.8, 4) is 0 Å². The SMILES string of the molecule is CC(C)(C)C(=O)N1CCC2(CC1)C[C@H](C[C@@H](C=O)NC(=O)[C@H](CC1CCCCC1)OC(=O)NC1CCCC1Cc1cccc(Cl)c1)C(=O)N2. The average molecular weight is 699 g/mol. The molecule has 0 bridgehead atoms. The van der Waals surface area contributed by atoms with Crippen molar-refractivity contribution in [3.63, 3.8) is 0 Å². The van der Waals surface area contributed by atoms with Crippen LogP contribution in [-0.4, -0.2) is 71.8 Å². The number of piperidine rings is 1. The number of rotatable bonds is 11. The van der Waals surface area contributed by atoms with Crippen LogP contribution in [0.1, 0.15) is 110 Å². The Bertz CT molecular complexity index is 1350. The number of likely N-dealkylation sites (tertiary alicyclic amines) is 1. The molecule has 5 atom stereocenters. The van der Waals surface area contributed by atoms with E-state index in [4.69, 9.17) is 16.3 Å². The maximum Gasteiger partial charge on any atom is 0.408 e. The lowest BCUT2D eigenvalue weighted by Gasteiger charge is -2.41. The third-order valence-electron chi connectivity index (χ3n) is 11.2. The fourth-order valence-corrected chi connectivity index (χ4v) is 8.74. The maximum atomic E-state index is 13.7. The molecule has 2 aliphatic heterocycles. The van der Waals surface area contributed by atoms with E-state index in [0.717, 1.165) is 63.4 Å². The predicted octanol–water partition coefficient (Wildman–Crippen LogP) is 5.73. The standard InChI is InChI=1S/C38H55ClN4O6/c1-37(2,3)35(47)43-17-15-38(16-18-43)23-28(33(45)42-38)22-30(24-44)40-34(46)32(21-25-9-5-4-6-10-25)49-36(48)41-31-14-8-12-27(31)19-26-11-7-13-29(39)20-26/h7,11,13,20,24-25,27-28,30-32H,4-6,8-10,12,14-19,21-23H2,1-3H3,(H,40,46)(H,41,48)(H,42,45)/t27?,28-,30-,31?,32-/m0/s1. The number of aldehydes is 1. The number of ether oxygens (including phenoxy) is 1. The molecule has 3 N–H and O–H groups in total. The van der Waals surface area contributed by atoms with Gasteiger partial charge in [0.25, 0.3) is 5.91 Å². The van der Waals surface area contributed by atoms with Crippen LogP contribution >= 0.6 is 11.6 Å². The van der Waals surface area contributed by atoms with E-state index < -0.39 is 41.0 Å². The average Bonchev–Trinajstić information content (AvgIpc) is 3.62. The second kappa shape index (κ2) is 16.3. The van der Waals surface area contributed by atoms with Crippen LogP contribution in [-0.2, 0) is 30.3 Å². The first-order chi connectivity index (χ1) is 23.3. The van der Waals surface area contributed by atoms with Crippen molar-refractivity contribution in [3.05, 3.63) is 34.9 Å². The van der Waals surface area contributed by atoms with E-state index in [1.54, 1.807) is 0 Å². The molecular weight excluding hydrogens is 644 g/mol. The van der Waals surface area contributed by atoms with Gasteiger partial charge in [0, 0.05) is 41.0 Å². The van der Waals surface area contributed by atoms with Gasteiger partial charge in [0.2, 0.25) is 11.8 Å². The Balaban J connectivity index is 1.17. The van der Waals surface area contributed by atoms with Gasteiger partial charge >= 0.3 is 6.09 Å². The fraction of sp³-hybridized carbons (Fsp3) is 0.711. The zero-order valence-electron chi connectivity index (χ0n) is 29.4. The summed E-state index contributed by atoms with van der Waals surface area (Å²) < 4.78 is 5.86. The summed E-state index contributed by atoms with van der Waals surface area (Å²) in [5.74, 6) is -0.475. The minimum absolute atomic E-state index is 0.0701. The van der Waals surface area contributed by atoms with Crippen LogP contribution < -0.4 is 16.0 Å². The van der Waals surface area contributed by atoms with Gasteiger partial charge in [-0.25, -0.2) is 4.79 Å². The molecule has 4 aliphatic rings. The fourth-order valence-electron chi connectivity index (χ4n) is 8.53. The third kappa shape index (κ3) is 9.98. The number of nitrogens with one attached hydrogen (secondary N) is 3. The molecular formula is C38H55ClN4O6. The molecule has 1 aromatic rings. The maximum absolute atomic E-state index is 13.7. The molecule has 2 heterocycles. The van der Waals surface area contributed by atoms with E-state index in [1.807, 2.05) is 49.9 Å². The first-order valence-corrected chi connectivity index (χ1v) is 18.8. The summed E-state index contributed by atoms with van der Waals surface area (Å²) in [7, 11) is 0. The van der Waals surface area contributed by atoms with Gasteiger partial charge in [-0.2, -0.15) is 0 Å². The van der Waals surface area contributed by atoms with Crippen molar-refractivity contribution < 1.29 is 28.7 Å². The van der Waals surface area contributed by atoms with Gasteiger partial charge in [0.05, 0.1) is 6.04 Å². The van der Waals surface area contributed by atoms with Crippen LogP contribution in [0, 0.1) is 23.2 Å². The van der Waals surface area contributed by atoms with E-state index >= 15 is 0 Å². The second-order valence-corrected chi connectivity index (χ2v) is 16.5. The molecule has 2 saturated carbocycles. The van der Waals surface area contributed by atoms with E-state index in [9.17, 15) is 24.0 Å². The van der Waals surface area contributed by atoms with Crippen molar-refractivity contribution in [2.45, 2.75) is 134 Å². The minimum atomic E-state index is -1.04. The molecule has 11 heteroatoms. The van der Waals surface area contributed by atoms with Gasteiger partial charge in [-0.05, 0) is 80.9 Å². The summed E-state index contributed by atoms with van der Waals surface area (Å²) >= 11 is 6.20. The van der Waals surface area contributed by atoms with Crippen LogP contribution in [0.4, 0.5) is 4.79 Å². The summed E-state index contributed by atoms with van der Waals surface area (Å²) in [4.78, 5) is 67.0. The molecule has 1 spiro atoms. The summed E-state index contributed by atoms with van der Waals surface area (Å²) in [6.45, 7) is 6.87. The lowest BCUT2D eigenvalue weighted by molar-refractivity contribution is -0.141. The highest BCUT2D eigenvalue weighted by Gasteiger charge is 2.47. The number of amides is 4. The number of carbonyl (C=O) groups excluding carboxylic acids is 5. The number of hydrogen-bond donors (Lipinski definition) is 3. The van der Waals surface area contributed by atoms with Crippen molar-refractivity contribution >= 4 is 41.7 Å². The zero-order chi connectivity index (χ0) is 35.2. The minimum Gasteiger partial charge on any atom is -0.436 e. The largest absolute Gasteiger partial charge is 0.436 e. The highest BCUT2D eigenvalue weighted by Crippen LogP contribution is 2.37. The van der Waals surface area contributed by atoms with Crippen LogP contribution in [0.15, 0.2) is 24.3 Å². The highest BCUT2D eigenvalue weighted by atomic mass is 35.5. The van der Waals surface area contributed by atoms with Gasteiger partial charge in [-0.15, -0.1) is 0 Å². The molecule has 1 aromatic carbocycles. The number of alkyl carbamates (subject to hydrolysis) is 1. The summed E-state index contributed by atoms with van der Waals surface area (Å²) in [5.41, 5.74) is 0.248. The molecule has 2 unspecified atom stereocenters. The van der Waals surface area contributed by atoms with Crippen LogP contribution in [0.25, 0.3) is 0 Å². The van der Waals surface area contributed by atoms with Gasteiger partial charge in [0.1, 0.15) is 6.29 Å². The molecule has 270 valence electrons. The van der Waals surface area contributed by atoms with Crippen LogP contribution in [0.3, 0.4) is 0 Å². The Morgan fingerprint density at radius 3 is 2.47 bits per heavy atom. The molecule has 2 saturated heterocycles. The Kier molecular flexibility index (Phi) is 12.3. The summed E-state index contributed by atoms with van der Waals surface area (Å²) in [6, 6.07) is 6.82. The van der Waals surface area contributed by atoms with Crippen molar-refractivity contribution in [2.24, 2.45) is 23.2 Å². The topological polar surface area (TPSA) is 134 Å². The second-order valence-electron chi connectivity index (χ2n) is 16.1. The molecule has 4 amide bonds. The molecule has 0 aromatic heterocycles. The van der Waals surface area contributed by atoms with E-state index in [2.05, 4.69) is 16.0 Å². The Morgan fingerprint density at radius 1 is 1.06 bits per heavy atom. The normalized spacial score (nSPS) is 25.3. The molecule has 0 radical (unpaired) electrons. The zero-order valence-corrected chi connectivity index (χ0v) is 30.2. The van der Waals surface area contributed by atoms with Crippen molar-refractivity contribution in [1.29, 1.82) is 0 Å². The highest BCUT2D eigenvalue weighted by molar-refractivity contribution is 6.30. The molecule has 49 heavy (non-hydrogen) atoms. The van der Waals surface area contributed by atoms with Crippen LogP contribution in [0.2, 0.25) is 5.02 Å². The van der Waals surface area contributed by atoms with E-state index in [0.29, 0.717) is 50.1 Å². The van der Waals surface area contributed by atoms with Crippen molar-refractivity contribution in [1.82, 2.24) is 20.9 Å². The number of carbonyl (C=O) groups is 5. The van der Waals surface area contributed by atoms with E-state index in [-0.39, 0.29) is 36.1 Å². The monoisotopic (exact) mass is 698 g/mol. The van der Waals surface area contributed by atoms with Crippen molar-refractivity contribution in [2.75, 3.05) is 13.1 Å². The molecule has 10 nitrogen and oxygen atoms in total. The number of hydrogen-bond acceptors (Lipinski definition) is 6. The van der Waals surface area contributed by atoms with Gasteiger partial charge < -0.3 is 30.4 Å². The van der Waals surface area contributed by atoms with Crippen LogP contribution in [0.5, 0.6) is 0 Å². The molecule has 4 fully saturated rings. The number of halogens is 1. The number of benzene rings is 1. The van der Waals surface area contributed by atoms with Gasteiger partial charge in [0.15, 0.2) is 6.10 Å². The predicted molar refractivity (Wildman–Crippen MR) is 188 cm³/mol. The van der Waals surface area contributed by atoms with E-state index in [1.165, 1.54) is 0 Å². The Labute approximate surface area is 296 Å². The summed E-state index contributed by atoms with van der Waals surface area (Å²) in [5, 5.41) is 9.73. The Hall–Kier alpha value is -3.14. The quantitative estimate of drug-likeness (QED) is 0.253. The first kappa shape index (κ1) is 37.1. The molecule has 2 aliphatic carbocycles. The third-order valence-corrected chi connectivity index (χ3v) is 11.5.